The first-order valence-corrected chi connectivity index (χ1v) is 11.2. The van der Waals surface area contributed by atoms with Gasteiger partial charge in [0.25, 0.3) is 17.1 Å². The predicted octanol–water partition coefficient (Wildman–Crippen LogP) is 4.01. The molecule has 0 amide bonds. The zero-order valence-electron chi connectivity index (χ0n) is 19.2. The Labute approximate surface area is 206 Å². The minimum atomic E-state index is -0.438. The van der Waals surface area contributed by atoms with Crippen LogP contribution in [0.25, 0.3) is 0 Å². The third-order valence-electron chi connectivity index (χ3n) is 5.88. The second-order valence-electron chi connectivity index (χ2n) is 8.71. The molecule has 186 valence electrons. The lowest BCUT2D eigenvalue weighted by atomic mass is 9.97. The van der Waals surface area contributed by atoms with Gasteiger partial charge in [-0.05, 0) is 29.0 Å². The molecular formula is C24H24N6O6. The number of hydrogen-bond donors (Lipinski definition) is 1. The minimum absolute atomic E-state index is 0.00565. The van der Waals surface area contributed by atoms with E-state index in [1.807, 2.05) is 28.2 Å². The zero-order valence-corrected chi connectivity index (χ0v) is 19.2. The first kappa shape index (κ1) is 24.9. The predicted molar refractivity (Wildman–Crippen MR) is 130 cm³/mol. The van der Waals surface area contributed by atoms with E-state index in [0.717, 1.165) is 16.7 Å². The molecule has 0 saturated carbocycles. The van der Waals surface area contributed by atoms with Gasteiger partial charge in [0.15, 0.2) is 0 Å². The summed E-state index contributed by atoms with van der Waals surface area (Å²) in [7, 11) is 0. The Kier molecular flexibility index (Phi) is 7.59. The summed E-state index contributed by atoms with van der Waals surface area (Å²) in [6.07, 6.45) is 0.584. The van der Waals surface area contributed by atoms with Gasteiger partial charge in [0.2, 0.25) is 0 Å². The number of rotatable bonds is 9. The molecule has 0 radical (unpaired) electrons. The molecule has 0 spiro atoms. The van der Waals surface area contributed by atoms with Crippen LogP contribution in [-0.2, 0) is 19.5 Å². The second kappa shape index (κ2) is 11.0. The SMILES string of the molecule is O=[N+]([O-])c1cccc(CC2CN(Cc3cccc([N+](=O)[O-])c3)NN(Cc3cccc([N+](=O)[O-])c3)C2)c1. The van der Waals surface area contributed by atoms with Crippen molar-refractivity contribution < 1.29 is 14.8 Å². The van der Waals surface area contributed by atoms with Gasteiger partial charge in [0, 0.05) is 62.6 Å². The van der Waals surface area contributed by atoms with E-state index < -0.39 is 14.8 Å². The standard InChI is InChI=1S/C24H24N6O6/c31-28(32)22-7-1-4-18(11-22)10-21-16-26(14-19-5-2-8-23(12-19)29(33)34)25-27(17-21)15-20-6-3-9-24(13-20)30(35)36/h1-9,11-13,21,25H,10,14-17H2. The molecule has 0 unspecified atom stereocenters. The van der Waals surface area contributed by atoms with Gasteiger partial charge in [-0.3, -0.25) is 30.3 Å². The number of nitro benzene ring substituents is 3. The number of hydrazine groups is 2. The van der Waals surface area contributed by atoms with Crippen molar-refractivity contribution in [2.24, 2.45) is 5.92 Å². The van der Waals surface area contributed by atoms with E-state index in [0.29, 0.717) is 32.6 Å². The Morgan fingerprint density at radius 2 is 1.06 bits per heavy atom. The molecule has 4 rings (SSSR count). The van der Waals surface area contributed by atoms with E-state index in [2.05, 4.69) is 5.53 Å². The molecule has 1 fully saturated rings. The second-order valence-corrected chi connectivity index (χ2v) is 8.71. The fourth-order valence-corrected chi connectivity index (χ4v) is 4.40. The average Bonchev–Trinajstić information content (AvgIpc) is 2.84. The number of nitro groups is 3. The summed E-state index contributed by atoms with van der Waals surface area (Å²) in [5, 5.41) is 37.4. The Hall–Kier alpha value is -4.26. The van der Waals surface area contributed by atoms with E-state index in [1.165, 1.54) is 30.3 Å². The summed E-state index contributed by atoms with van der Waals surface area (Å²) < 4.78 is 0. The Balaban J connectivity index is 1.54. The van der Waals surface area contributed by atoms with Crippen LogP contribution in [0.15, 0.2) is 72.8 Å². The van der Waals surface area contributed by atoms with E-state index in [-0.39, 0.29) is 23.0 Å². The van der Waals surface area contributed by atoms with Crippen molar-refractivity contribution >= 4 is 17.1 Å². The van der Waals surface area contributed by atoms with Crippen molar-refractivity contribution in [3.8, 4) is 0 Å². The van der Waals surface area contributed by atoms with Crippen molar-refractivity contribution in [3.63, 3.8) is 0 Å². The molecule has 0 aromatic heterocycles. The molecule has 3 aromatic rings. The maximum Gasteiger partial charge on any atom is 0.269 e. The summed E-state index contributed by atoms with van der Waals surface area (Å²) in [6, 6.07) is 19.4. The molecule has 1 aliphatic rings. The molecular weight excluding hydrogens is 468 g/mol. The molecule has 12 heteroatoms. The number of nitrogens with one attached hydrogen (secondary N) is 1. The van der Waals surface area contributed by atoms with E-state index in [9.17, 15) is 30.3 Å². The Morgan fingerprint density at radius 3 is 1.47 bits per heavy atom. The van der Waals surface area contributed by atoms with Crippen LogP contribution < -0.4 is 5.53 Å². The number of non-ortho nitro benzene ring substituents is 3. The third-order valence-corrected chi connectivity index (χ3v) is 5.88. The summed E-state index contributed by atoms with van der Waals surface area (Å²) in [5.74, 6) is 0.0747. The lowest BCUT2D eigenvalue weighted by molar-refractivity contribution is -0.385. The van der Waals surface area contributed by atoms with E-state index >= 15 is 0 Å². The smallest absolute Gasteiger partial charge is 0.258 e. The summed E-state index contributed by atoms with van der Waals surface area (Å²) in [5.41, 5.74) is 5.69. The van der Waals surface area contributed by atoms with Gasteiger partial charge in [-0.15, -0.1) is 0 Å². The van der Waals surface area contributed by atoms with Crippen molar-refractivity contribution in [1.29, 1.82) is 0 Å². The van der Waals surface area contributed by atoms with Crippen LogP contribution >= 0.6 is 0 Å². The molecule has 0 aliphatic carbocycles. The van der Waals surface area contributed by atoms with Crippen LogP contribution in [-0.4, -0.2) is 37.9 Å². The molecule has 1 N–H and O–H groups in total. The van der Waals surface area contributed by atoms with Gasteiger partial charge in [0.1, 0.15) is 0 Å². The fraction of sp³-hybridized carbons (Fsp3) is 0.250. The summed E-state index contributed by atoms with van der Waals surface area (Å²) in [4.78, 5) is 32.3. The van der Waals surface area contributed by atoms with E-state index in [4.69, 9.17) is 0 Å². The fourth-order valence-electron chi connectivity index (χ4n) is 4.40. The monoisotopic (exact) mass is 492 g/mol. The summed E-state index contributed by atoms with van der Waals surface area (Å²) in [6.45, 7) is 1.96. The van der Waals surface area contributed by atoms with Crippen LogP contribution in [0.2, 0.25) is 0 Å². The zero-order chi connectivity index (χ0) is 25.7. The maximum absolute atomic E-state index is 11.2. The third kappa shape index (κ3) is 6.44. The van der Waals surface area contributed by atoms with Crippen molar-refractivity contribution in [2.45, 2.75) is 19.5 Å². The van der Waals surface area contributed by atoms with Gasteiger partial charge in [-0.2, -0.15) is 5.53 Å². The van der Waals surface area contributed by atoms with Crippen LogP contribution in [0.1, 0.15) is 16.7 Å². The molecule has 0 atom stereocenters. The van der Waals surface area contributed by atoms with Gasteiger partial charge >= 0.3 is 0 Å². The number of hydrogen-bond acceptors (Lipinski definition) is 9. The molecule has 3 aromatic carbocycles. The average molecular weight is 492 g/mol. The van der Waals surface area contributed by atoms with Crippen LogP contribution in [0.5, 0.6) is 0 Å². The Morgan fingerprint density at radius 1 is 0.667 bits per heavy atom. The summed E-state index contributed by atoms with van der Waals surface area (Å²) >= 11 is 0. The lowest BCUT2D eigenvalue weighted by Crippen LogP contribution is -2.58. The highest BCUT2D eigenvalue weighted by atomic mass is 16.6. The van der Waals surface area contributed by atoms with Crippen molar-refractivity contribution in [2.75, 3.05) is 13.1 Å². The van der Waals surface area contributed by atoms with Crippen LogP contribution in [0.3, 0.4) is 0 Å². The normalized spacial score (nSPS) is 15.0. The van der Waals surface area contributed by atoms with Gasteiger partial charge < -0.3 is 0 Å². The van der Waals surface area contributed by atoms with Crippen molar-refractivity contribution in [3.05, 3.63) is 120 Å². The van der Waals surface area contributed by atoms with Gasteiger partial charge in [0.05, 0.1) is 14.8 Å². The molecule has 1 heterocycles. The molecule has 36 heavy (non-hydrogen) atoms. The molecule has 0 bridgehead atoms. The highest BCUT2D eigenvalue weighted by Gasteiger charge is 2.27. The maximum atomic E-state index is 11.2. The quantitative estimate of drug-likeness (QED) is 0.345. The number of nitrogens with zero attached hydrogens (tertiary/aromatic N) is 5. The number of benzene rings is 3. The van der Waals surface area contributed by atoms with Crippen LogP contribution in [0, 0.1) is 36.3 Å². The Bertz CT molecular complexity index is 1120. The largest absolute Gasteiger partial charge is 0.269 e. The lowest BCUT2D eigenvalue weighted by Gasteiger charge is -2.41. The molecule has 1 aliphatic heterocycles. The topological polar surface area (TPSA) is 148 Å². The molecule has 12 nitrogen and oxygen atoms in total. The first-order valence-electron chi connectivity index (χ1n) is 11.2. The molecule has 1 saturated heterocycles. The van der Waals surface area contributed by atoms with Crippen molar-refractivity contribution in [1.82, 2.24) is 15.6 Å². The van der Waals surface area contributed by atoms with Gasteiger partial charge in [-0.1, -0.05) is 36.4 Å². The first-order chi connectivity index (χ1) is 17.3. The highest BCUT2D eigenvalue weighted by molar-refractivity contribution is 5.36. The highest BCUT2D eigenvalue weighted by Crippen LogP contribution is 2.23. The van der Waals surface area contributed by atoms with Crippen LogP contribution in [0.4, 0.5) is 17.1 Å². The van der Waals surface area contributed by atoms with E-state index in [1.54, 1.807) is 24.3 Å². The minimum Gasteiger partial charge on any atom is -0.258 e. The van der Waals surface area contributed by atoms with Gasteiger partial charge in [-0.25, -0.2) is 10.0 Å².